The van der Waals surface area contributed by atoms with Gasteiger partial charge in [-0.3, -0.25) is 4.79 Å². The molecule has 1 N–H and O–H groups in total. The average molecular weight is 230 g/mol. The first-order valence-corrected chi connectivity index (χ1v) is 6.30. The van der Waals surface area contributed by atoms with Crippen molar-refractivity contribution in [1.82, 2.24) is 0 Å². The second-order valence-corrected chi connectivity index (χ2v) is 4.78. The Labute approximate surface area is 99.2 Å². The molecule has 0 aromatic carbocycles. The number of carbonyl (C=O) groups excluding carboxylic acids is 1. The zero-order chi connectivity index (χ0) is 12.7. The molecule has 0 saturated carbocycles. The molecule has 0 aromatic rings. The molecule has 0 heterocycles. The number of carbonyl (C=O) groups is 1. The van der Waals surface area contributed by atoms with Crippen LogP contribution in [0, 0.1) is 17.8 Å². The molecule has 96 valence electrons. The van der Waals surface area contributed by atoms with Crippen molar-refractivity contribution in [1.29, 1.82) is 0 Å². The summed E-state index contributed by atoms with van der Waals surface area (Å²) in [5.41, 5.74) is 0. The quantitative estimate of drug-likeness (QED) is 0.684. The molecule has 0 rings (SSSR count). The lowest BCUT2D eigenvalue weighted by Crippen LogP contribution is -2.38. The number of aliphatic hydroxyl groups is 1. The predicted octanol–water partition coefficient (Wildman–Crippen LogP) is 2.62. The minimum Gasteiger partial charge on any atom is -0.466 e. The van der Waals surface area contributed by atoms with E-state index in [-0.39, 0.29) is 17.8 Å². The van der Waals surface area contributed by atoms with E-state index in [1.807, 2.05) is 20.8 Å². The first-order chi connectivity index (χ1) is 7.45. The van der Waals surface area contributed by atoms with Crippen LogP contribution in [-0.4, -0.2) is 23.8 Å². The number of hydrogen-bond acceptors (Lipinski definition) is 3. The highest BCUT2D eigenvalue weighted by Crippen LogP contribution is 2.25. The number of esters is 1. The zero-order valence-electron chi connectivity index (χ0n) is 11.2. The molecule has 0 aliphatic rings. The average Bonchev–Trinajstić information content (AvgIpc) is 2.17. The second-order valence-electron chi connectivity index (χ2n) is 4.78. The molecule has 0 saturated heterocycles. The monoisotopic (exact) mass is 230 g/mol. The van der Waals surface area contributed by atoms with Crippen LogP contribution in [0.4, 0.5) is 0 Å². The summed E-state index contributed by atoms with van der Waals surface area (Å²) < 4.78 is 5.02. The first-order valence-electron chi connectivity index (χ1n) is 6.30. The van der Waals surface area contributed by atoms with E-state index in [1.54, 1.807) is 6.92 Å². The van der Waals surface area contributed by atoms with Crippen molar-refractivity contribution in [2.24, 2.45) is 17.8 Å². The Balaban J connectivity index is 4.57. The topological polar surface area (TPSA) is 46.5 Å². The van der Waals surface area contributed by atoms with Crippen LogP contribution in [0.3, 0.4) is 0 Å². The van der Waals surface area contributed by atoms with Crippen LogP contribution < -0.4 is 0 Å². The largest absolute Gasteiger partial charge is 0.466 e. The summed E-state index contributed by atoms with van der Waals surface area (Å²) in [6, 6.07) is 0. The Morgan fingerprint density at radius 2 is 1.81 bits per heavy atom. The summed E-state index contributed by atoms with van der Waals surface area (Å²) in [5.74, 6) is -0.426. The molecular weight excluding hydrogens is 204 g/mol. The number of rotatable bonds is 7. The SMILES string of the molecule is CCCC(C)C(O)C(C(=O)OCC)C(C)C. The van der Waals surface area contributed by atoms with E-state index < -0.39 is 12.0 Å². The Morgan fingerprint density at radius 1 is 1.25 bits per heavy atom. The summed E-state index contributed by atoms with van der Waals surface area (Å²) in [6.07, 6.45) is 1.36. The fraction of sp³-hybridized carbons (Fsp3) is 0.923. The van der Waals surface area contributed by atoms with Crippen molar-refractivity contribution in [3.63, 3.8) is 0 Å². The van der Waals surface area contributed by atoms with Gasteiger partial charge in [-0.25, -0.2) is 0 Å². The lowest BCUT2D eigenvalue weighted by molar-refractivity contribution is -0.156. The first kappa shape index (κ1) is 15.4. The Kier molecular flexibility index (Phi) is 7.39. The van der Waals surface area contributed by atoms with Gasteiger partial charge in [0.25, 0.3) is 0 Å². The van der Waals surface area contributed by atoms with Gasteiger partial charge in [-0.2, -0.15) is 0 Å². The van der Waals surface area contributed by atoms with E-state index in [0.29, 0.717) is 6.61 Å². The van der Waals surface area contributed by atoms with Crippen LogP contribution in [0.25, 0.3) is 0 Å². The van der Waals surface area contributed by atoms with E-state index in [1.165, 1.54) is 0 Å². The molecular formula is C13H26O3. The highest BCUT2D eigenvalue weighted by atomic mass is 16.5. The number of ether oxygens (including phenoxy) is 1. The van der Waals surface area contributed by atoms with Crippen LogP contribution in [0.15, 0.2) is 0 Å². The smallest absolute Gasteiger partial charge is 0.311 e. The highest BCUT2D eigenvalue weighted by Gasteiger charge is 2.33. The molecule has 0 bridgehead atoms. The molecule has 0 amide bonds. The number of hydrogen-bond donors (Lipinski definition) is 1. The predicted molar refractivity (Wildman–Crippen MR) is 65.0 cm³/mol. The lowest BCUT2D eigenvalue weighted by atomic mass is 9.82. The van der Waals surface area contributed by atoms with Gasteiger partial charge in [-0.1, -0.05) is 34.1 Å². The zero-order valence-corrected chi connectivity index (χ0v) is 11.2. The molecule has 3 unspecified atom stereocenters. The molecule has 0 aliphatic heterocycles. The van der Waals surface area contributed by atoms with E-state index in [0.717, 1.165) is 12.8 Å². The van der Waals surface area contributed by atoms with Gasteiger partial charge in [0.2, 0.25) is 0 Å². The van der Waals surface area contributed by atoms with Gasteiger partial charge in [-0.15, -0.1) is 0 Å². The molecule has 3 atom stereocenters. The van der Waals surface area contributed by atoms with E-state index >= 15 is 0 Å². The van der Waals surface area contributed by atoms with E-state index in [2.05, 4.69) is 6.92 Å². The van der Waals surface area contributed by atoms with Gasteiger partial charge in [0.15, 0.2) is 0 Å². The van der Waals surface area contributed by atoms with Gasteiger partial charge < -0.3 is 9.84 Å². The molecule has 0 radical (unpaired) electrons. The molecule has 16 heavy (non-hydrogen) atoms. The van der Waals surface area contributed by atoms with Crippen LogP contribution >= 0.6 is 0 Å². The normalized spacial score (nSPS) is 16.9. The fourth-order valence-electron chi connectivity index (χ4n) is 2.02. The summed E-state index contributed by atoms with van der Waals surface area (Å²) >= 11 is 0. The van der Waals surface area contributed by atoms with E-state index in [4.69, 9.17) is 4.74 Å². The number of aliphatic hydroxyl groups excluding tert-OH is 1. The summed E-state index contributed by atoms with van der Waals surface area (Å²) in [4.78, 5) is 11.8. The molecule has 0 spiro atoms. The van der Waals surface area contributed by atoms with Crippen molar-refractivity contribution < 1.29 is 14.6 Å². The molecule has 0 aromatic heterocycles. The second kappa shape index (κ2) is 7.66. The van der Waals surface area contributed by atoms with Crippen molar-refractivity contribution in [3.8, 4) is 0 Å². The minimum atomic E-state index is -0.598. The maximum atomic E-state index is 11.8. The Hall–Kier alpha value is -0.570. The maximum absolute atomic E-state index is 11.8. The Bertz CT molecular complexity index is 201. The Morgan fingerprint density at radius 3 is 2.19 bits per heavy atom. The highest BCUT2D eigenvalue weighted by molar-refractivity contribution is 5.73. The summed E-state index contributed by atoms with van der Waals surface area (Å²) in [7, 11) is 0. The van der Waals surface area contributed by atoms with Crippen LogP contribution in [-0.2, 0) is 9.53 Å². The minimum absolute atomic E-state index is 0.105. The van der Waals surface area contributed by atoms with Gasteiger partial charge in [0.1, 0.15) is 0 Å². The third kappa shape index (κ3) is 4.52. The van der Waals surface area contributed by atoms with Gasteiger partial charge in [0, 0.05) is 0 Å². The van der Waals surface area contributed by atoms with Gasteiger partial charge >= 0.3 is 5.97 Å². The lowest BCUT2D eigenvalue weighted by Gasteiger charge is -2.28. The van der Waals surface area contributed by atoms with Crippen molar-refractivity contribution in [2.75, 3.05) is 6.61 Å². The van der Waals surface area contributed by atoms with Crippen LogP contribution in [0.5, 0.6) is 0 Å². The molecule has 0 fully saturated rings. The van der Waals surface area contributed by atoms with Gasteiger partial charge in [-0.05, 0) is 25.2 Å². The third-order valence-electron chi connectivity index (χ3n) is 2.97. The van der Waals surface area contributed by atoms with Crippen LogP contribution in [0.2, 0.25) is 0 Å². The third-order valence-corrected chi connectivity index (χ3v) is 2.97. The van der Waals surface area contributed by atoms with Gasteiger partial charge in [0.05, 0.1) is 18.6 Å². The molecule has 3 nitrogen and oxygen atoms in total. The molecule has 3 heteroatoms. The van der Waals surface area contributed by atoms with Crippen molar-refractivity contribution in [2.45, 2.75) is 53.6 Å². The summed E-state index contributed by atoms with van der Waals surface area (Å²) in [5, 5.41) is 10.2. The maximum Gasteiger partial charge on any atom is 0.311 e. The van der Waals surface area contributed by atoms with Crippen molar-refractivity contribution >= 4 is 5.97 Å². The standard InChI is InChI=1S/C13H26O3/c1-6-8-10(5)12(14)11(9(3)4)13(15)16-7-2/h9-12,14H,6-8H2,1-5H3. The van der Waals surface area contributed by atoms with Crippen LogP contribution in [0.1, 0.15) is 47.5 Å². The molecule has 0 aliphatic carbocycles. The van der Waals surface area contributed by atoms with Crippen molar-refractivity contribution in [3.05, 3.63) is 0 Å². The summed E-state index contributed by atoms with van der Waals surface area (Å²) in [6.45, 7) is 10.1. The fourth-order valence-corrected chi connectivity index (χ4v) is 2.02. The van der Waals surface area contributed by atoms with E-state index in [9.17, 15) is 9.90 Å².